The molecule has 0 spiro atoms. The van der Waals surface area contributed by atoms with Crippen molar-refractivity contribution in [3.63, 3.8) is 0 Å². The maximum absolute atomic E-state index is 11.2. The lowest BCUT2D eigenvalue weighted by atomic mass is 10.2. The molecule has 0 saturated carbocycles. The molecule has 1 aliphatic heterocycles. The average molecular weight is 250 g/mol. The van der Waals surface area contributed by atoms with Gasteiger partial charge in [0.05, 0.1) is 30.2 Å². The van der Waals surface area contributed by atoms with E-state index in [9.17, 15) is 4.79 Å². The minimum Gasteiger partial charge on any atom is -0.397 e. The smallest absolute Gasteiger partial charge is 0.250 e. The highest BCUT2D eigenvalue weighted by atomic mass is 16.5. The van der Waals surface area contributed by atoms with Gasteiger partial charge in [0.2, 0.25) is 0 Å². The zero-order valence-corrected chi connectivity index (χ0v) is 10.4. The van der Waals surface area contributed by atoms with Gasteiger partial charge in [-0.25, -0.2) is 4.98 Å². The van der Waals surface area contributed by atoms with Crippen molar-refractivity contribution < 1.29 is 9.53 Å². The van der Waals surface area contributed by atoms with E-state index < -0.39 is 5.91 Å². The molecule has 0 radical (unpaired) electrons. The lowest BCUT2D eigenvalue weighted by Crippen LogP contribution is -2.42. The highest BCUT2D eigenvalue weighted by Gasteiger charge is 2.21. The summed E-state index contributed by atoms with van der Waals surface area (Å²) in [4.78, 5) is 17.6. The molecular formula is C12H18N4O2. The van der Waals surface area contributed by atoms with E-state index in [2.05, 4.69) is 16.8 Å². The molecule has 1 saturated heterocycles. The van der Waals surface area contributed by atoms with Crippen LogP contribution in [0.25, 0.3) is 0 Å². The molecule has 18 heavy (non-hydrogen) atoms. The minimum absolute atomic E-state index is 0.204. The van der Waals surface area contributed by atoms with Gasteiger partial charge in [0.1, 0.15) is 5.82 Å². The third-order valence-corrected chi connectivity index (χ3v) is 3.10. The quantitative estimate of drug-likeness (QED) is 0.808. The third kappa shape index (κ3) is 2.53. The highest BCUT2D eigenvalue weighted by molar-refractivity contribution is 5.98. The van der Waals surface area contributed by atoms with Gasteiger partial charge in [-0.2, -0.15) is 0 Å². The van der Waals surface area contributed by atoms with Gasteiger partial charge in [-0.15, -0.1) is 0 Å². The monoisotopic (exact) mass is 250 g/mol. The molecule has 1 atom stereocenters. The molecule has 0 bridgehead atoms. The molecule has 2 heterocycles. The number of nitrogen functional groups attached to an aromatic ring is 1. The van der Waals surface area contributed by atoms with Gasteiger partial charge in [0.15, 0.2) is 0 Å². The number of amides is 1. The summed E-state index contributed by atoms with van der Waals surface area (Å²) in [7, 11) is 0. The molecule has 0 aromatic carbocycles. The molecule has 1 unspecified atom stereocenters. The van der Waals surface area contributed by atoms with E-state index in [1.165, 1.54) is 6.20 Å². The third-order valence-electron chi connectivity index (χ3n) is 3.10. The minimum atomic E-state index is -0.531. The molecule has 98 valence electrons. The summed E-state index contributed by atoms with van der Waals surface area (Å²) < 4.78 is 5.59. The zero-order valence-electron chi connectivity index (χ0n) is 10.4. The van der Waals surface area contributed by atoms with Crippen LogP contribution in [0.5, 0.6) is 0 Å². The first-order valence-electron chi connectivity index (χ1n) is 6.03. The van der Waals surface area contributed by atoms with Crippen molar-refractivity contribution in [2.75, 3.05) is 30.3 Å². The Morgan fingerprint density at radius 2 is 2.44 bits per heavy atom. The number of hydrogen-bond donors (Lipinski definition) is 2. The predicted molar refractivity (Wildman–Crippen MR) is 69.4 cm³/mol. The largest absolute Gasteiger partial charge is 0.397 e. The Hall–Kier alpha value is -1.82. The fourth-order valence-electron chi connectivity index (χ4n) is 2.02. The Morgan fingerprint density at radius 3 is 3.11 bits per heavy atom. The fraction of sp³-hybridized carbons (Fsp3) is 0.500. The normalized spacial score (nSPS) is 19.8. The van der Waals surface area contributed by atoms with Crippen LogP contribution in [0.2, 0.25) is 0 Å². The van der Waals surface area contributed by atoms with Gasteiger partial charge >= 0.3 is 0 Å². The van der Waals surface area contributed by atoms with E-state index in [4.69, 9.17) is 16.2 Å². The topological polar surface area (TPSA) is 94.5 Å². The number of hydrogen-bond acceptors (Lipinski definition) is 5. The van der Waals surface area contributed by atoms with Crippen molar-refractivity contribution in [2.45, 2.75) is 19.4 Å². The van der Waals surface area contributed by atoms with Crippen LogP contribution in [0.4, 0.5) is 11.5 Å². The number of morpholine rings is 1. The van der Waals surface area contributed by atoms with Gasteiger partial charge < -0.3 is 21.1 Å². The van der Waals surface area contributed by atoms with Crippen LogP contribution in [-0.4, -0.2) is 36.7 Å². The zero-order chi connectivity index (χ0) is 13.1. The Labute approximate surface area is 106 Å². The number of nitrogens with zero attached hydrogens (tertiary/aromatic N) is 2. The summed E-state index contributed by atoms with van der Waals surface area (Å²) in [6.45, 7) is 4.27. The molecule has 1 fully saturated rings. The van der Waals surface area contributed by atoms with Gasteiger partial charge in [-0.3, -0.25) is 4.79 Å². The molecule has 4 N–H and O–H groups in total. The van der Waals surface area contributed by atoms with Crippen molar-refractivity contribution in [1.82, 2.24) is 4.98 Å². The van der Waals surface area contributed by atoms with Crippen LogP contribution in [0.3, 0.4) is 0 Å². The summed E-state index contributed by atoms with van der Waals surface area (Å²) in [5.41, 5.74) is 11.6. The van der Waals surface area contributed by atoms with Crippen molar-refractivity contribution in [3.05, 3.63) is 17.8 Å². The molecular weight excluding hydrogens is 232 g/mol. The summed E-state index contributed by atoms with van der Waals surface area (Å²) in [6.07, 6.45) is 2.63. The number of carbonyl (C=O) groups is 1. The summed E-state index contributed by atoms with van der Waals surface area (Å²) >= 11 is 0. The molecule has 2 rings (SSSR count). The second-order valence-corrected chi connectivity index (χ2v) is 4.34. The van der Waals surface area contributed by atoms with Gasteiger partial charge in [-0.05, 0) is 12.5 Å². The van der Waals surface area contributed by atoms with E-state index >= 15 is 0 Å². The lowest BCUT2D eigenvalue weighted by molar-refractivity contribution is 0.0382. The van der Waals surface area contributed by atoms with Gasteiger partial charge in [0.25, 0.3) is 5.91 Å². The van der Waals surface area contributed by atoms with Crippen molar-refractivity contribution in [1.29, 1.82) is 0 Å². The Kier molecular flexibility index (Phi) is 3.66. The van der Waals surface area contributed by atoms with Crippen LogP contribution in [0, 0.1) is 0 Å². The van der Waals surface area contributed by atoms with E-state index in [0.717, 1.165) is 25.3 Å². The Morgan fingerprint density at radius 1 is 1.67 bits per heavy atom. The first-order chi connectivity index (χ1) is 8.61. The molecule has 6 nitrogen and oxygen atoms in total. The first kappa shape index (κ1) is 12.6. The van der Waals surface area contributed by atoms with Crippen LogP contribution in [-0.2, 0) is 4.74 Å². The highest BCUT2D eigenvalue weighted by Crippen LogP contribution is 2.20. The fourth-order valence-corrected chi connectivity index (χ4v) is 2.02. The Balaban J connectivity index is 2.22. The second kappa shape index (κ2) is 5.22. The number of primary amides is 1. The number of anilines is 2. The number of pyridine rings is 1. The van der Waals surface area contributed by atoms with Crippen molar-refractivity contribution >= 4 is 17.4 Å². The summed E-state index contributed by atoms with van der Waals surface area (Å²) in [5, 5.41) is 0. The van der Waals surface area contributed by atoms with Crippen LogP contribution in [0.1, 0.15) is 23.7 Å². The number of rotatable bonds is 3. The average Bonchev–Trinajstić information content (AvgIpc) is 2.39. The number of aromatic nitrogens is 1. The molecule has 1 aliphatic rings. The van der Waals surface area contributed by atoms with Gasteiger partial charge in [0, 0.05) is 13.1 Å². The molecule has 6 heteroatoms. The molecule has 1 aromatic rings. The van der Waals surface area contributed by atoms with Crippen molar-refractivity contribution in [2.24, 2.45) is 5.73 Å². The van der Waals surface area contributed by atoms with E-state index in [-0.39, 0.29) is 6.10 Å². The van der Waals surface area contributed by atoms with Crippen LogP contribution < -0.4 is 16.4 Å². The lowest BCUT2D eigenvalue weighted by Gasteiger charge is -2.33. The number of carbonyl (C=O) groups excluding carboxylic acids is 1. The molecule has 0 aliphatic carbocycles. The second-order valence-electron chi connectivity index (χ2n) is 4.34. The number of ether oxygens (including phenoxy) is 1. The maximum Gasteiger partial charge on any atom is 0.250 e. The predicted octanol–water partition coefficient (Wildman–Crippen LogP) is 0.378. The summed E-state index contributed by atoms with van der Waals surface area (Å²) in [6, 6.07) is 1.65. The standard InChI is InChI=1S/C12H18N4O2/c1-2-8-7-16(3-4-18-8)11-5-9(12(14)17)10(13)6-15-11/h5-6,8H,2-4,7,13H2,1H3,(H2,14,17). The SMILES string of the molecule is CCC1CN(c2cc(C(N)=O)c(N)cn2)CCO1. The number of nitrogens with two attached hydrogens (primary N) is 2. The van der Waals surface area contributed by atoms with Crippen molar-refractivity contribution in [3.8, 4) is 0 Å². The van der Waals surface area contributed by atoms with Crippen LogP contribution in [0.15, 0.2) is 12.3 Å². The van der Waals surface area contributed by atoms with Crippen LogP contribution >= 0.6 is 0 Å². The first-order valence-corrected chi connectivity index (χ1v) is 6.03. The van der Waals surface area contributed by atoms with E-state index in [1.54, 1.807) is 6.07 Å². The summed E-state index contributed by atoms with van der Waals surface area (Å²) in [5.74, 6) is 0.191. The van der Waals surface area contributed by atoms with E-state index in [1.807, 2.05) is 0 Å². The Bertz CT molecular complexity index is 450. The molecule has 1 amide bonds. The van der Waals surface area contributed by atoms with Gasteiger partial charge in [-0.1, -0.05) is 6.92 Å². The maximum atomic E-state index is 11.2. The van der Waals surface area contributed by atoms with E-state index in [0.29, 0.717) is 17.9 Å². The molecule has 1 aromatic heterocycles.